The minimum atomic E-state index is -3.62. The molecule has 0 saturated carbocycles. The number of benzene rings is 1. The SMILES string of the molecule is CNC(=O)c1c(NC(=O)c2ccc(S(=O)(=O)N3CCOCC3)cc2)sc2c1CC[NH+](C)C2. The van der Waals surface area contributed by atoms with Crippen LogP contribution in [-0.4, -0.2) is 71.5 Å². The lowest BCUT2D eigenvalue weighted by atomic mass is 10.0. The van der Waals surface area contributed by atoms with E-state index in [0.717, 1.165) is 30.0 Å². The average molecular weight is 480 g/mol. The molecule has 3 N–H and O–H groups in total. The second-order valence-electron chi connectivity index (χ2n) is 7.92. The van der Waals surface area contributed by atoms with E-state index in [2.05, 4.69) is 17.7 Å². The number of nitrogens with one attached hydrogen (secondary N) is 3. The number of morpholine rings is 1. The number of fused-ring (bicyclic) bond motifs is 1. The fourth-order valence-electron chi connectivity index (χ4n) is 3.96. The molecule has 9 nitrogen and oxygen atoms in total. The Kier molecular flexibility index (Phi) is 6.63. The summed E-state index contributed by atoms with van der Waals surface area (Å²) in [4.78, 5) is 28.0. The second kappa shape index (κ2) is 9.28. The smallest absolute Gasteiger partial charge is 0.256 e. The lowest BCUT2D eigenvalue weighted by Gasteiger charge is -2.26. The van der Waals surface area contributed by atoms with Gasteiger partial charge in [0.25, 0.3) is 11.8 Å². The number of nitrogens with zero attached hydrogens (tertiary/aromatic N) is 1. The first-order valence-electron chi connectivity index (χ1n) is 10.5. The first kappa shape index (κ1) is 22.9. The summed E-state index contributed by atoms with van der Waals surface area (Å²) in [5.74, 6) is -0.603. The van der Waals surface area contributed by atoms with Crippen molar-refractivity contribution in [1.82, 2.24) is 9.62 Å². The fourth-order valence-corrected chi connectivity index (χ4v) is 6.73. The normalized spacial score (nSPS) is 19.2. The number of amides is 2. The van der Waals surface area contributed by atoms with Crippen molar-refractivity contribution < 1.29 is 27.6 Å². The zero-order chi connectivity index (χ0) is 22.9. The maximum absolute atomic E-state index is 12.9. The Hall–Kier alpha value is -2.31. The van der Waals surface area contributed by atoms with Gasteiger partial charge in [0.2, 0.25) is 10.0 Å². The van der Waals surface area contributed by atoms with Crippen molar-refractivity contribution in [2.45, 2.75) is 17.9 Å². The molecule has 0 radical (unpaired) electrons. The third kappa shape index (κ3) is 4.44. The van der Waals surface area contributed by atoms with Gasteiger partial charge in [-0.15, -0.1) is 11.3 Å². The van der Waals surface area contributed by atoms with E-state index < -0.39 is 10.0 Å². The number of anilines is 1. The van der Waals surface area contributed by atoms with Crippen LogP contribution in [0.1, 0.15) is 31.2 Å². The van der Waals surface area contributed by atoms with Gasteiger partial charge in [0, 0.05) is 32.1 Å². The molecule has 1 fully saturated rings. The molecule has 2 aliphatic heterocycles. The number of hydrogen-bond acceptors (Lipinski definition) is 6. The maximum atomic E-state index is 12.9. The van der Waals surface area contributed by atoms with Gasteiger partial charge < -0.3 is 20.3 Å². The standard InChI is InChI=1S/C21H26N4O5S2/c1-22-20(27)18-16-7-8-24(2)13-17(16)31-21(18)23-19(26)14-3-5-15(6-4-14)32(28,29)25-9-11-30-12-10-25/h3-6H,7-13H2,1-2H3,(H,22,27)(H,23,26)/p+1. The summed E-state index contributed by atoms with van der Waals surface area (Å²) in [6.07, 6.45) is 0.782. The van der Waals surface area contributed by atoms with Crippen LogP contribution in [0.15, 0.2) is 29.2 Å². The van der Waals surface area contributed by atoms with E-state index in [9.17, 15) is 18.0 Å². The average Bonchev–Trinajstić information content (AvgIpc) is 3.15. The quantitative estimate of drug-likeness (QED) is 0.557. The van der Waals surface area contributed by atoms with E-state index in [4.69, 9.17) is 4.74 Å². The third-order valence-corrected chi connectivity index (χ3v) is 8.82. The van der Waals surface area contributed by atoms with Gasteiger partial charge in [0.15, 0.2) is 0 Å². The fraction of sp³-hybridized carbons (Fsp3) is 0.429. The number of thiophene rings is 1. The van der Waals surface area contributed by atoms with Gasteiger partial charge in [0.1, 0.15) is 11.5 Å². The van der Waals surface area contributed by atoms with Crippen LogP contribution in [0.2, 0.25) is 0 Å². The minimum Gasteiger partial charge on any atom is -0.379 e. The van der Waals surface area contributed by atoms with Crippen molar-refractivity contribution in [3.63, 3.8) is 0 Å². The van der Waals surface area contributed by atoms with Crippen LogP contribution in [-0.2, 0) is 27.7 Å². The Morgan fingerprint density at radius 1 is 1.12 bits per heavy atom. The lowest BCUT2D eigenvalue weighted by molar-refractivity contribution is -0.895. The molecule has 32 heavy (non-hydrogen) atoms. The van der Waals surface area contributed by atoms with Gasteiger partial charge in [-0.2, -0.15) is 4.31 Å². The van der Waals surface area contributed by atoms with E-state index in [1.54, 1.807) is 7.05 Å². The van der Waals surface area contributed by atoms with Crippen LogP contribution < -0.4 is 15.5 Å². The van der Waals surface area contributed by atoms with Crippen LogP contribution in [0, 0.1) is 0 Å². The van der Waals surface area contributed by atoms with Gasteiger partial charge in [-0.25, -0.2) is 8.42 Å². The maximum Gasteiger partial charge on any atom is 0.256 e. The molecular weight excluding hydrogens is 452 g/mol. The molecule has 0 bridgehead atoms. The number of ether oxygens (including phenoxy) is 1. The van der Waals surface area contributed by atoms with Crippen molar-refractivity contribution >= 4 is 38.2 Å². The molecule has 172 valence electrons. The largest absolute Gasteiger partial charge is 0.379 e. The molecule has 11 heteroatoms. The molecule has 4 rings (SSSR count). The summed E-state index contributed by atoms with van der Waals surface area (Å²) in [6.45, 7) is 3.11. The van der Waals surface area contributed by atoms with Crippen molar-refractivity contribution in [1.29, 1.82) is 0 Å². The van der Waals surface area contributed by atoms with Crippen molar-refractivity contribution in [3.05, 3.63) is 45.8 Å². The summed E-state index contributed by atoms with van der Waals surface area (Å²) in [7, 11) is 0.0557. The predicted octanol–water partition coefficient (Wildman–Crippen LogP) is -0.0483. The Morgan fingerprint density at radius 3 is 2.47 bits per heavy atom. The van der Waals surface area contributed by atoms with E-state index in [1.807, 2.05) is 0 Å². The van der Waals surface area contributed by atoms with Gasteiger partial charge >= 0.3 is 0 Å². The summed E-state index contributed by atoms with van der Waals surface area (Å²) < 4.78 is 32.2. The molecule has 3 heterocycles. The van der Waals surface area contributed by atoms with Crippen LogP contribution in [0.25, 0.3) is 0 Å². The minimum absolute atomic E-state index is 0.139. The van der Waals surface area contributed by atoms with Crippen LogP contribution in [0.4, 0.5) is 5.00 Å². The Balaban J connectivity index is 1.55. The Bertz CT molecular complexity index is 1120. The molecule has 0 aliphatic carbocycles. The summed E-state index contributed by atoms with van der Waals surface area (Å²) in [5.41, 5.74) is 1.85. The van der Waals surface area contributed by atoms with Crippen LogP contribution in [0.5, 0.6) is 0 Å². The summed E-state index contributed by atoms with van der Waals surface area (Å²) in [5, 5.41) is 6.06. The molecular formula is C21H27N4O5S2+. The highest BCUT2D eigenvalue weighted by atomic mass is 32.2. The number of carbonyl (C=O) groups is 2. The van der Waals surface area contributed by atoms with E-state index >= 15 is 0 Å². The monoisotopic (exact) mass is 479 g/mol. The number of sulfonamides is 1. The van der Waals surface area contributed by atoms with Gasteiger partial charge in [-0.05, 0) is 29.8 Å². The van der Waals surface area contributed by atoms with Gasteiger partial charge in [-0.1, -0.05) is 0 Å². The van der Waals surface area contributed by atoms with Crippen molar-refractivity contribution in [2.24, 2.45) is 0 Å². The van der Waals surface area contributed by atoms with Crippen LogP contribution >= 0.6 is 11.3 Å². The number of quaternary nitrogens is 1. The molecule has 2 amide bonds. The molecule has 1 saturated heterocycles. The summed E-state index contributed by atoms with van der Waals surface area (Å²) in [6, 6.07) is 5.87. The number of hydrogen-bond donors (Lipinski definition) is 3. The van der Waals surface area contributed by atoms with Gasteiger partial charge in [-0.3, -0.25) is 9.59 Å². The van der Waals surface area contributed by atoms with Crippen molar-refractivity contribution in [3.8, 4) is 0 Å². The Labute approximate surface area is 191 Å². The lowest BCUT2D eigenvalue weighted by Crippen LogP contribution is -3.08. The molecule has 1 unspecified atom stereocenters. The van der Waals surface area contributed by atoms with E-state index in [-0.39, 0.29) is 16.7 Å². The number of rotatable bonds is 5. The second-order valence-corrected chi connectivity index (χ2v) is 11.0. The topological polar surface area (TPSA) is 109 Å². The Morgan fingerprint density at radius 2 is 1.81 bits per heavy atom. The van der Waals surface area contributed by atoms with Crippen molar-refractivity contribution in [2.75, 3.05) is 52.3 Å². The first-order valence-corrected chi connectivity index (χ1v) is 12.7. The molecule has 1 aromatic carbocycles. The first-order chi connectivity index (χ1) is 15.3. The van der Waals surface area contributed by atoms with E-state index in [0.29, 0.717) is 42.4 Å². The highest BCUT2D eigenvalue weighted by Gasteiger charge is 2.30. The highest BCUT2D eigenvalue weighted by molar-refractivity contribution is 7.89. The number of carbonyl (C=O) groups excluding carboxylic acids is 2. The van der Waals surface area contributed by atoms with Gasteiger partial charge in [0.05, 0.1) is 42.1 Å². The predicted molar refractivity (Wildman–Crippen MR) is 121 cm³/mol. The van der Waals surface area contributed by atoms with E-state index in [1.165, 1.54) is 44.8 Å². The summed E-state index contributed by atoms with van der Waals surface area (Å²) >= 11 is 1.43. The molecule has 2 aliphatic rings. The third-order valence-electron chi connectivity index (χ3n) is 5.76. The molecule has 1 atom stereocenters. The number of likely N-dealkylation sites (N-methyl/N-ethyl adjacent to an activating group) is 1. The molecule has 2 aromatic rings. The molecule has 1 aromatic heterocycles. The highest BCUT2D eigenvalue weighted by Crippen LogP contribution is 2.35. The molecule has 0 spiro atoms. The zero-order valence-corrected chi connectivity index (χ0v) is 19.7. The zero-order valence-electron chi connectivity index (χ0n) is 18.1. The van der Waals surface area contributed by atoms with Crippen LogP contribution in [0.3, 0.4) is 0 Å².